The van der Waals surface area contributed by atoms with Crippen LogP contribution in [0.1, 0.15) is 29.7 Å². The molecule has 1 atom stereocenters. The second kappa shape index (κ2) is 6.64. The predicted octanol–water partition coefficient (Wildman–Crippen LogP) is 2.86. The van der Waals surface area contributed by atoms with E-state index in [2.05, 4.69) is 0 Å². The van der Waals surface area contributed by atoms with Gasteiger partial charge in [0.05, 0.1) is 18.1 Å². The molecule has 130 valence electrons. The molecule has 2 heterocycles. The van der Waals surface area contributed by atoms with Crippen molar-refractivity contribution in [1.82, 2.24) is 0 Å². The normalized spacial score (nSPS) is 16.2. The molecule has 0 unspecified atom stereocenters. The van der Waals surface area contributed by atoms with Gasteiger partial charge in [-0.15, -0.1) is 0 Å². The Kier molecular flexibility index (Phi) is 4.55. The van der Waals surface area contributed by atoms with Crippen LogP contribution >= 0.6 is 11.6 Å². The summed E-state index contributed by atoms with van der Waals surface area (Å²) >= 11 is 5.95. The number of rotatable bonds is 3. The van der Waals surface area contributed by atoms with Crippen molar-refractivity contribution in [2.75, 3.05) is 6.61 Å². The van der Waals surface area contributed by atoms with Crippen LogP contribution in [0.4, 0.5) is 0 Å². The molecule has 2 aromatic rings. The van der Waals surface area contributed by atoms with E-state index in [1.165, 1.54) is 0 Å². The Morgan fingerprint density at radius 1 is 1.32 bits per heavy atom. The standard InChI is InChI=1S/C18H16ClNO5/c1-3-23-17(21)15-13(10-4-6-11(19)7-5-10)14-12(25-16(15)20)8-9(2)24-18(14)22/h4-8,13H,3,20H2,1-2H3/t13-/m1/s1. The van der Waals surface area contributed by atoms with Crippen LogP contribution in [0.2, 0.25) is 5.02 Å². The van der Waals surface area contributed by atoms with E-state index in [9.17, 15) is 9.59 Å². The van der Waals surface area contributed by atoms with Crippen molar-refractivity contribution in [3.63, 3.8) is 0 Å². The number of esters is 1. The highest BCUT2D eigenvalue weighted by Gasteiger charge is 2.38. The summed E-state index contributed by atoms with van der Waals surface area (Å²) in [6.45, 7) is 3.47. The molecule has 0 saturated carbocycles. The third-order valence-corrected chi connectivity index (χ3v) is 4.09. The van der Waals surface area contributed by atoms with E-state index in [1.807, 2.05) is 0 Å². The quantitative estimate of drug-likeness (QED) is 0.845. The average Bonchev–Trinajstić information content (AvgIpc) is 2.54. The van der Waals surface area contributed by atoms with Crippen molar-refractivity contribution >= 4 is 17.6 Å². The summed E-state index contributed by atoms with van der Waals surface area (Å²) in [4.78, 5) is 24.9. The minimum absolute atomic E-state index is 0.0628. The number of nitrogens with two attached hydrogens (primary N) is 1. The molecule has 7 heteroatoms. The van der Waals surface area contributed by atoms with Gasteiger partial charge in [-0.2, -0.15) is 0 Å². The second-order valence-corrected chi connectivity index (χ2v) is 5.94. The van der Waals surface area contributed by atoms with Crippen LogP contribution in [0.3, 0.4) is 0 Å². The van der Waals surface area contributed by atoms with Gasteiger partial charge < -0.3 is 19.6 Å². The first-order valence-electron chi connectivity index (χ1n) is 7.67. The summed E-state index contributed by atoms with van der Waals surface area (Å²) in [6, 6.07) is 8.33. The van der Waals surface area contributed by atoms with Gasteiger partial charge in [0.2, 0.25) is 5.88 Å². The number of benzene rings is 1. The molecule has 0 saturated heterocycles. The summed E-state index contributed by atoms with van der Waals surface area (Å²) in [5, 5.41) is 0.529. The summed E-state index contributed by atoms with van der Waals surface area (Å²) < 4.78 is 15.8. The minimum Gasteiger partial charge on any atom is -0.462 e. The molecule has 0 fully saturated rings. The summed E-state index contributed by atoms with van der Waals surface area (Å²) in [6.07, 6.45) is 0. The zero-order valence-corrected chi connectivity index (χ0v) is 14.4. The van der Waals surface area contributed by atoms with Gasteiger partial charge in [-0.25, -0.2) is 9.59 Å². The van der Waals surface area contributed by atoms with E-state index in [4.69, 9.17) is 31.2 Å². The smallest absolute Gasteiger partial charge is 0.343 e. The molecule has 1 aromatic carbocycles. The van der Waals surface area contributed by atoms with Crippen LogP contribution in [-0.2, 0) is 9.53 Å². The Labute approximate surface area is 148 Å². The Balaban J connectivity index is 2.26. The summed E-state index contributed by atoms with van der Waals surface area (Å²) in [5.41, 5.74) is 6.30. The zero-order chi connectivity index (χ0) is 18.1. The van der Waals surface area contributed by atoms with E-state index in [1.54, 1.807) is 44.2 Å². The van der Waals surface area contributed by atoms with E-state index in [-0.39, 0.29) is 29.4 Å². The molecular weight excluding hydrogens is 346 g/mol. The molecule has 0 aliphatic carbocycles. The molecule has 1 aliphatic heterocycles. The Morgan fingerprint density at radius 3 is 2.64 bits per heavy atom. The van der Waals surface area contributed by atoms with Gasteiger partial charge in [-0.3, -0.25) is 0 Å². The molecule has 6 nitrogen and oxygen atoms in total. The molecule has 0 bridgehead atoms. The second-order valence-electron chi connectivity index (χ2n) is 5.51. The Bertz CT molecular complexity index is 914. The van der Waals surface area contributed by atoms with Crippen molar-refractivity contribution in [3.05, 3.63) is 74.1 Å². The fourth-order valence-electron chi connectivity index (χ4n) is 2.81. The molecular formula is C18H16ClNO5. The van der Waals surface area contributed by atoms with Gasteiger partial charge in [0.15, 0.2) is 0 Å². The summed E-state index contributed by atoms with van der Waals surface area (Å²) in [7, 11) is 0. The van der Waals surface area contributed by atoms with Crippen LogP contribution in [-0.4, -0.2) is 12.6 Å². The highest BCUT2D eigenvalue weighted by atomic mass is 35.5. The van der Waals surface area contributed by atoms with Crippen LogP contribution in [0, 0.1) is 6.92 Å². The lowest BCUT2D eigenvalue weighted by molar-refractivity contribution is -0.139. The van der Waals surface area contributed by atoms with Gasteiger partial charge >= 0.3 is 11.6 Å². The first-order valence-corrected chi connectivity index (χ1v) is 8.05. The van der Waals surface area contributed by atoms with Gasteiger partial charge in [-0.05, 0) is 31.5 Å². The van der Waals surface area contributed by atoms with Gasteiger partial charge in [0.1, 0.15) is 17.1 Å². The molecule has 0 spiro atoms. The predicted molar refractivity (Wildman–Crippen MR) is 91.5 cm³/mol. The molecule has 0 amide bonds. The molecule has 25 heavy (non-hydrogen) atoms. The van der Waals surface area contributed by atoms with Crippen LogP contribution in [0.25, 0.3) is 0 Å². The fourth-order valence-corrected chi connectivity index (χ4v) is 2.94. The van der Waals surface area contributed by atoms with E-state index in [0.717, 1.165) is 0 Å². The molecule has 0 radical (unpaired) electrons. The molecule has 2 N–H and O–H groups in total. The van der Waals surface area contributed by atoms with Crippen molar-refractivity contribution < 1.29 is 18.7 Å². The third-order valence-electron chi connectivity index (χ3n) is 3.83. The first kappa shape index (κ1) is 17.1. The van der Waals surface area contributed by atoms with Crippen molar-refractivity contribution in [1.29, 1.82) is 0 Å². The molecule has 3 rings (SSSR count). The maximum absolute atomic E-state index is 12.5. The van der Waals surface area contributed by atoms with Crippen molar-refractivity contribution in [2.24, 2.45) is 5.73 Å². The number of carbonyl (C=O) groups excluding carboxylic acids is 1. The maximum atomic E-state index is 12.5. The topological polar surface area (TPSA) is 91.8 Å². The van der Waals surface area contributed by atoms with Crippen LogP contribution in [0.15, 0.2) is 51.0 Å². The van der Waals surface area contributed by atoms with E-state index < -0.39 is 17.5 Å². The van der Waals surface area contributed by atoms with Gasteiger partial charge in [0.25, 0.3) is 0 Å². The highest BCUT2D eigenvalue weighted by molar-refractivity contribution is 6.30. The molecule has 1 aromatic heterocycles. The van der Waals surface area contributed by atoms with Gasteiger partial charge in [0, 0.05) is 11.1 Å². The maximum Gasteiger partial charge on any atom is 0.343 e. The number of carbonyl (C=O) groups is 1. The number of halogens is 1. The van der Waals surface area contributed by atoms with E-state index in [0.29, 0.717) is 16.3 Å². The van der Waals surface area contributed by atoms with Crippen molar-refractivity contribution in [3.8, 4) is 5.75 Å². The first-order chi connectivity index (χ1) is 11.9. The highest BCUT2D eigenvalue weighted by Crippen LogP contribution is 2.41. The number of ether oxygens (including phenoxy) is 2. The third kappa shape index (κ3) is 3.13. The largest absolute Gasteiger partial charge is 0.462 e. The minimum atomic E-state index is -0.767. The monoisotopic (exact) mass is 361 g/mol. The lowest BCUT2D eigenvalue weighted by Gasteiger charge is -2.27. The van der Waals surface area contributed by atoms with Crippen molar-refractivity contribution in [2.45, 2.75) is 19.8 Å². The SMILES string of the molecule is CCOC(=O)C1=C(N)Oc2cc(C)oc(=O)c2[C@H]1c1ccc(Cl)cc1. The Hall–Kier alpha value is -2.73. The Morgan fingerprint density at radius 2 is 2.00 bits per heavy atom. The molecule has 1 aliphatic rings. The fraction of sp³-hybridized carbons (Fsp3) is 0.222. The number of aryl methyl sites for hydroxylation is 1. The van der Waals surface area contributed by atoms with Crippen LogP contribution in [0.5, 0.6) is 5.75 Å². The average molecular weight is 362 g/mol. The zero-order valence-electron chi connectivity index (χ0n) is 13.7. The number of hydrogen-bond acceptors (Lipinski definition) is 6. The summed E-state index contributed by atoms with van der Waals surface area (Å²) in [5.74, 6) is -0.872. The van der Waals surface area contributed by atoms with Gasteiger partial charge in [-0.1, -0.05) is 23.7 Å². The lowest BCUT2D eigenvalue weighted by Crippen LogP contribution is -2.31. The lowest BCUT2D eigenvalue weighted by atomic mass is 9.84. The number of fused-ring (bicyclic) bond motifs is 1. The van der Waals surface area contributed by atoms with Crippen LogP contribution < -0.4 is 16.1 Å². The number of hydrogen-bond donors (Lipinski definition) is 1. The van der Waals surface area contributed by atoms with E-state index >= 15 is 0 Å².